The van der Waals surface area contributed by atoms with E-state index in [1.807, 2.05) is 19.1 Å². The zero-order valence-corrected chi connectivity index (χ0v) is 12.3. The fourth-order valence-electron chi connectivity index (χ4n) is 2.25. The molecule has 0 amide bonds. The second-order valence-corrected chi connectivity index (χ2v) is 5.10. The van der Waals surface area contributed by atoms with Crippen molar-refractivity contribution in [1.82, 2.24) is 9.66 Å². The standard InChI is InChI=1S/C17H15N3O2/c1-11-7-8-13(16(21)9-11)10-18-20-12(2)19-15-6-4-3-5-14(15)17(20)22/h3-10,21H,1-2H3/b18-10+. The van der Waals surface area contributed by atoms with Crippen molar-refractivity contribution in [3.63, 3.8) is 0 Å². The van der Waals surface area contributed by atoms with Crippen molar-refractivity contribution in [3.05, 3.63) is 69.8 Å². The van der Waals surface area contributed by atoms with E-state index in [0.29, 0.717) is 22.3 Å². The minimum Gasteiger partial charge on any atom is -0.507 e. The highest BCUT2D eigenvalue weighted by Gasteiger charge is 2.06. The molecule has 0 unspecified atom stereocenters. The number of phenolic OH excluding ortho intramolecular Hbond substituents is 1. The lowest BCUT2D eigenvalue weighted by molar-refractivity contribution is 0.474. The summed E-state index contributed by atoms with van der Waals surface area (Å²) in [5.41, 5.74) is 1.92. The molecule has 1 heterocycles. The highest BCUT2D eigenvalue weighted by Crippen LogP contribution is 2.16. The van der Waals surface area contributed by atoms with Crippen molar-refractivity contribution in [1.29, 1.82) is 0 Å². The first-order valence-electron chi connectivity index (χ1n) is 6.88. The molecule has 1 aromatic heterocycles. The Hall–Kier alpha value is -2.95. The SMILES string of the molecule is Cc1ccc(/C=N/n2c(C)nc3ccccc3c2=O)c(O)c1. The highest BCUT2D eigenvalue weighted by molar-refractivity contribution is 5.83. The normalized spacial score (nSPS) is 11.4. The molecular formula is C17H15N3O2. The molecule has 0 bridgehead atoms. The molecule has 0 aliphatic rings. The monoisotopic (exact) mass is 293 g/mol. The fraction of sp³-hybridized carbons (Fsp3) is 0.118. The number of phenols is 1. The zero-order chi connectivity index (χ0) is 15.7. The Morgan fingerprint density at radius 2 is 1.95 bits per heavy atom. The van der Waals surface area contributed by atoms with Crippen molar-refractivity contribution in [2.45, 2.75) is 13.8 Å². The summed E-state index contributed by atoms with van der Waals surface area (Å²) in [5.74, 6) is 0.620. The molecule has 0 aliphatic heterocycles. The number of aryl methyl sites for hydroxylation is 2. The van der Waals surface area contributed by atoms with E-state index in [1.165, 1.54) is 10.9 Å². The average molecular weight is 293 g/mol. The Morgan fingerprint density at radius 3 is 2.73 bits per heavy atom. The predicted octanol–water partition coefficient (Wildman–Crippen LogP) is 2.60. The third-order valence-electron chi connectivity index (χ3n) is 3.41. The maximum Gasteiger partial charge on any atom is 0.282 e. The first-order valence-corrected chi connectivity index (χ1v) is 6.88. The molecule has 110 valence electrons. The third kappa shape index (κ3) is 2.48. The second-order valence-electron chi connectivity index (χ2n) is 5.10. The van der Waals surface area contributed by atoms with Gasteiger partial charge in [0.2, 0.25) is 0 Å². The Kier molecular flexibility index (Phi) is 3.47. The summed E-state index contributed by atoms with van der Waals surface area (Å²) < 4.78 is 1.24. The van der Waals surface area contributed by atoms with Crippen molar-refractivity contribution in [2.75, 3.05) is 0 Å². The zero-order valence-electron chi connectivity index (χ0n) is 12.3. The molecule has 0 radical (unpaired) electrons. The van der Waals surface area contributed by atoms with Gasteiger partial charge in [0, 0.05) is 5.56 Å². The molecule has 0 fully saturated rings. The Labute approximate surface area is 127 Å². The third-order valence-corrected chi connectivity index (χ3v) is 3.41. The van der Waals surface area contributed by atoms with Crippen LogP contribution in [0.3, 0.4) is 0 Å². The van der Waals surface area contributed by atoms with Crippen LogP contribution >= 0.6 is 0 Å². The Balaban J connectivity index is 2.11. The number of nitrogens with zero attached hydrogens (tertiary/aromatic N) is 3. The molecule has 0 spiro atoms. The minimum absolute atomic E-state index is 0.128. The fourth-order valence-corrected chi connectivity index (χ4v) is 2.25. The van der Waals surface area contributed by atoms with Crippen molar-refractivity contribution < 1.29 is 5.11 Å². The molecule has 0 saturated carbocycles. The van der Waals surface area contributed by atoms with Crippen LogP contribution in [0, 0.1) is 13.8 Å². The van der Waals surface area contributed by atoms with Gasteiger partial charge in [-0.25, -0.2) is 4.98 Å². The lowest BCUT2D eigenvalue weighted by Gasteiger charge is -2.05. The topological polar surface area (TPSA) is 67.5 Å². The van der Waals surface area contributed by atoms with Crippen molar-refractivity contribution >= 4 is 17.1 Å². The minimum atomic E-state index is -0.231. The predicted molar refractivity (Wildman–Crippen MR) is 86.6 cm³/mol. The van der Waals surface area contributed by atoms with Crippen LogP contribution in [0.4, 0.5) is 0 Å². The lowest BCUT2D eigenvalue weighted by Crippen LogP contribution is -2.20. The maximum atomic E-state index is 12.5. The Morgan fingerprint density at radius 1 is 1.18 bits per heavy atom. The number of aromatic hydroxyl groups is 1. The van der Waals surface area contributed by atoms with Crippen LogP contribution < -0.4 is 5.56 Å². The van der Waals surface area contributed by atoms with E-state index in [1.54, 1.807) is 37.3 Å². The molecule has 0 aliphatic carbocycles. The molecule has 0 atom stereocenters. The maximum absolute atomic E-state index is 12.5. The Bertz CT molecular complexity index is 942. The highest BCUT2D eigenvalue weighted by atomic mass is 16.3. The smallest absolute Gasteiger partial charge is 0.282 e. The molecular weight excluding hydrogens is 278 g/mol. The summed E-state index contributed by atoms with van der Waals surface area (Å²) in [6.07, 6.45) is 1.46. The number of rotatable bonds is 2. The number of benzene rings is 2. The van der Waals surface area contributed by atoms with Gasteiger partial charge >= 0.3 is 0 Å². The van der Waals surface area contributed by atoms with Gasteiger partial charge < -0.3 is 5.11 Å². The van der Waals surface area contributed by atoms with Crippen LogP contribution in [-0.4, -0.2) is 21.0 Å². The number of hydrogen-bond acceptors (Lipinski definition) is 4. The van der Waals surface area contributed by atoms with Gasteiger partial charge in [-0.05, 0) is 43.7 Å². The van der Waals surface area contributed by atoms with E-state index in [-0.39, 0.29) is 11.3 Å². The molecule has 0 saturated heterocycles. The van der Waals surface area contributed by atoms with Gasteiger partial charge in [0.1, 0.15) is 11.6 Å². The van der Waals surface area contributed by atoms with Gasteiger partial charge in [0.05, 0.1) is 17.1 Å². The number of para-hydroxylation sites is 1. The largest absolute Gasteiger partial charge is 0.507 e. The summed E-state index contributed by atoms with van der Waals surface area (Å²) in [6, 6.07) is 12.4. The number of fused-ring (bicyclic) bond motifs is 1. The van der Waals surface area contributed by atoms with Crippen LogP contribution in [0.15, 0.2) is 52.4 Å². The quantitative estimate of drug-likeness (QED) is 0.738. The molecule has 3 aromatic rings. The summed E-state index contributed by atoms with van der Waals surface area (Å²) in [6.45, 7) is 3.61. The van der Waals surface area contributed by atoms with Gasteiger partial charge in [0.25, 0.3) is 5.56 Å². The van der Waals surface area contributed by atoms with Crippen molar-refractivity contribution in [3.8, 4) is 5.75 Å². The second kappa shape index (κ2) is 5.44. The van der Waals surface area contributed by atoms with Gasteiger partial charge in [0.15, 0.2) is 0 Å². The van der Waals surface area contributed by atoms with Crippen LogP contribution in [-0.2, 0) is 0 Å². The molecule has 3 rings (SSSR count). The van der Waals surface area contributed by atoms with Crippen LogP contribution in [0.1, 0.15) is 17.0 Å². The first kappa shape index (κ1) is 14.0. The molecule has 22 heavy (non-hydrogen) atoms. The molecule has 1 N–H and O–H groups in total. The molecule has 2 aromatic carbocycles. The summed E-state index contributed by atoms with van der Waals surface area (Å²) >= 11 is 0. The van der Waals surface area contributed by atoms with E-state index in [0.717, 1.165) is 5.56 Å². The average Bonchev–Trinajstić information content (AvgIpc) is 2.49. The van der Waals surface area contributed by atoms with Gasteiger partial charge in [-0.15, -0.1) is 0 Å². The van der Waals surface area contributed by atoms with Gasteiger partial charge in [-0.3, -0.25) is 4.79 Å². The van der Waals surface area contributed by atoms with E-state index >= 15 is 0 Å². The van der Waals surface area contributed by atoms with Crippen LogP contribution in [0.5, 0.6) is 5.75 Å². The van der Waals surface area contributed by atoms with Crippen LogP contribution in [0.2, 0.25) is 0 Å². The molecule has 5 nitrogen and oxygen atoms in total. The molecule has 5 heteroatoms. The summed E-state index contributed by atoms with van der Waals surface area (Å²) in [7, 11) is 0. The van der Waals surface area contributed by atoms with E-state index in [4.69, 9.17) is 0 Å². The first-order chi connectivity index (χ1) is 10.6. The van der Waals surface area contributed by atoms with Gasteiger partial charge in [-0.1, -0.05) is 18.2 Å². The van der Waals surface area contributed by atoms with Crippen LogP contribution in [0.25, 0.3) is 10.9 Å². The van der Waals surface area contributed by atoms with E-state index in [9.17, 15) is 9.90 Å². The van der Waals surface area contributed by atoms with E-state index in [2.05, 4.69) is 10.1 Å². The summed E-state index contributed by atoms with van der Waals surface area (Å²) in [4.78, 5) is 16.8. The number of aromatic nitrogens is 2. The van der Waals surface area contributed by atoms with Gasteiger partial charge in [-0.2, -0.15) is 9.78 Å². The van der Waals surface area contributed by atoms with E-state index < -0.39 is 0 Å². The van der Waals surface area contributed by atoms with Crippen molar-refractivity contribution in [2.24, 2.45) is 5.10 Å². The lowest BCUT2D eigenvalue weighted by atomic mass is 10.1. The summed E-state index contributed by atoms with van der Waals surface area (Å²) in [5, 5.41) is 14.6. The number of hydrogen-bond donors (Lipinski definition) is 1.